The fourth-order valence-corrected chi connectivity index (χ4v) is 4.32. The third-order valence-corrected chi connectivity index (χ3v) is 5.97. The van der Waals surface area contributed by atoms with E-state index in [-0.39, 0.29) is 43.9 Å². The summed E-state index contributed by atoms with van der Waals surface area (Å²) < 4.78 is 57.8. The first-order valence-electron chi connectivity index (χ1n) is 10.5. The zero-order valence-corrected chi connectivity index (χ0v) is 19.0. The molecule has 0 aliphatic heterocycles. The van der Waals surface area contributed by atoms with Gasteiger partial charge in [-0.05, 0) is 12.1 Å². The molecule has 37 heavy (non-hydrogen) atoms. The average Bonchev–Trinajstić information content (AvgIpc) is 3.62. The summed E-state index contributed by atoms with van der Waals surface area (Å²) in [7, 11) is 0. The first kappa shape index (κ1) is 22.8. The molecule has 0 fully saturated rings. The third kappa shape index (κ3) is 3.62. The topological polar surface area (TPSA) is 107 Å². The molecule has 0 saturated carbocycles. The van der Waals surface area contributed by atoms with E-state index in [1.54, 1.807) is 0 Å². The molecule has 0 atom stereocenters. The summed E-state index contributed by atoms with van der Waals surface area (Å²) >= 11 is 6.31. The molecule has 0 aliphatic carbocycles. The van der Waals surface area contributed by atoms with E-state index in [0.717, 1.165) is 17.2 Å². The van der Waals surface area contributed by atoms with Gasteiger partial charge in [-0.1, -0.05) is 23.7 Å². The lowest BCUT2D eigenvalue weighted by Gasteiger charge is -2.14. The molecule has 5 aromatic heterocycles. The number of aromatic amines is 1. The number of H-pyrrole nitrogens is 1. The van der Waals surface area contributed by atoms with Crippen LogP contribution in [0.4, 0.5) is 17.6 Å². The van der Waals surface area contributed by atoms with Crippen LogP contribution in [-0.4, -0.2) is 45.5 Å². The first-order valence-corrected chi connectivity index (χ1v) is 10.9. The van der Waals surface area contributed by atoms with Crippen LogP contribution in [0.3, 0.4) is 0 Å². The summed E-state index contributed by atoms with van der Waals surface area (Å²) in [5.41, 5.74) is -2.09. The quantitative estimate of drug-likeness (QED) is 0.258. The number of ketones is 1. The number of hydrogen-bond donors (Lipinski definition) is 1. The number of rotatable bonds is 4. The summed E-state index contributed by atoms with van der Waals surface area (Å²) in [5, 5.41) is 12.2. The Morgan fingerprint density at radius 3 is 2.51 bits per heavy atom. The largest absolute Gasteiger partial charge is 0.434 e. The van der Waals surface area contributed by atoms with Gasteiger partial charge in [-0.25, -0.2) is 14.1 Å². The summed E-state index contributed by atoms with van der Waals surface area (Å²) in [6.07, 6.45) is 2.23. The van der Waals surface area contributed by atoms with Gasteiger partial charge in [-0.3, -0.25) is 9.78 Å². The highest BCUT2D eigenvalue weighted by Crippen LogP contribution is 2.37. The van der Waals surface area contributed by atoms with Crippen molar-refractivity contribution < 1.29 is 22.4 Å². The van der Waals surface area contributed by atoms with Crippen LogP contribution in [0.5, 0.6) is 0 Å². The molecule has 0 spiro atoms. The van der Waals surface area contributed by atoms with Crippen LogP contribution >= 0.6 is 11.6 Å². The van der Waals surface area contributed by atoms with E-state index >= 15 is 0 Å². The minimum atomic E-state index is -4.99. The highest BCUT2D eigenvalue weighted by Gasteiger charge is 2.41. The fraction of sp³-hybridized carbons (Fsp3) is 0.0435. The van der Waals surface area contributed by atoms with E-state index in [9.17, 15) is 22.4 Å². The molecular formula is C23H11ClF4N8O. The van der Waals surface area contributed by atoms with Crippen LogP contribution in [0.1, 0.15) is 21.6 Å². The lowest BCUT2D eigenvalue weighted by Crippen LogP contribution is -2.18. The Kier molecular flexibility index (Phi) is 5.05. The van der Waals surface area contributed by atoms with Crippen LogP contribution in [0, 0.1) is 5.82 Å². The van der Waals surface area contributed by atoms with Crippen molar-refractivity contribution in [3.05, 3.63) is 89.1 Å². The van der Waals surface area contributed by atoms with Gasteiger partial charge in [0.15, 0.2) is 17.3 Å². The second kappa shape index (κ2) is 8.20. The van der Waals surface area contributed by atoms with Crippen molar-refractivity contribution >= 4 is 39.2 Å². The van der Waals surface area contributed by atoms with Gasteiger partial charge in [-0.15, -0.1) is 4.80 Å². The van der Waals surface area contributed by atoms with E-state index in [2.05, 4.69) is 30.2 Å². The lowest BCUT2D eigenvalue weighted by atomic mass is 10.0. The number of nitrogens with one attached hydrogen (secondary N) is 1. The van der Waals surface area contributed by atoms with E-state index in [4.69, 9.17) is 11.6 Å². The fourth-order valence-electron chi connectivity index (χ4n) is 4.09. The smallest absolute Gasteiger partial charge is 0.345 e. The number of aromatic nitrogens is 8. The van der Waals surface area contributed by atoms with Gasteiger partial charge in [0.2, 0.25) is 0 Å². The van der Waals surface area contributed by atoms with Crippen LogP contribution in [0.25, 0.3) is 33.3 Å². The number of pyridine rings is 2. The van der Waals surface area contributed by atoms with Gasteiger partial charge in [0.05, 0.1) is 41.1 Å². The van der Waals surface area contributed by atoms with Crippen LogP contribution < -0.4 is 0 Å². The average molecular weight is 527 g/mol. The van der Waals surface area contributed by atoms with Crippen molar-refractivity contribution in [3.8, 4) is 11.5 Å². The molecule has 0 radical (unpaired) electrons. The molecule has 184 valence electrons. The Morgan fingerprint density at radius 1 is 0.973 bits per heavy atom. The first-order chi connectivity index (χ1) is 17.7. The summed E-state index contributed by atoms with van der Waals surface area (Å²) in [6.45, 7) is 0. The molecule has 1 N–H and O–H groups in total. The van der Waals surface area contributed by atoms with Gasteiger partial charge >= 0.3 is 6.18 Å². The number of alkyl halides is 3. The summed E-state index contributed by atoms with van der Waals surface area (Å²) in [5.74, 6) is -1.46. The minimum Gasteiger partial charge on any atom is -0.345 e. The molecule has 6 rings (SSSR count). The number of nitrogens with zero attached hydrogens (tertiary/aromatic N) is 7. The molecule has 0 aliphatic rings. The maximum Gasteiger partial charge on any atom is 0.434 e. The van der Waals surface area contributed by atoms with Gasteiger partial charge in [0, 0.05) is 34.1 Å². The van der Waals surface area contributed by atoms with Gasteiger partial charge in [-0.2, -0.15) is 28.5 Å². The summed E-state index contributed by atoms with van der Waals surface area (Å²) in [4.78, 5) is 25.5. The van der Waals surface area contributed by atoms with Gasteiger partial charge in [0.1, 0.15) is 11.5 Å². The standard InChI is InChI=1S/C23H11ClF4N8O/c24-16-6-12-14(8-30-21(12)34-22(16)36-31-4-5-32-36)19(37)15-9-33-35(20(15)23(26,27)28)18-10-29-7-13-11(18)2-1-3-17(13)25/h1-10H,(H,30,34). The Bertz CT molecular complexity index is 1820. The molecule has 6 aromatic rings. The van der Waals surface area contributed by atoms with E-state index in [1.165, 1.54) is 49.1 Å². The second-order valence-electron chi connectivity index (χ2n) is 7.85. The number of benzene rings is 1. The van der Waals surface area contributed by atoms with Crippen molar-refractivity contribution in [2.75, 3.05) is 0 Å². The zero-order valence-electron chi connectivity index (χ0n) is 18.2. The monoisotopic (exact) mass is 526 g/mol. The van der Waals surface area contributed by atoms with Gasteiger partial charge < -0.3 is 4.98 Å². The van der Waals surface area contributed by atoms with Crippen LogP contribution in [0.15, 0.2) is 61.4 Å². The lowest BCUT2D eigenvalue weighted by molar-refractivity contribution is -0.143. The Balaban J connectivity index is 1.51. The van der Waals surface area contributed by atoms with Crippen LogP contribution in [-0.2, 0) is 6.18 Å². The highest BCUT2D eigenvalue weighted by molar-refractivity contribution is 6.33. The Hall–Kier alpha value is -4.65. The molecule has 1 aromatic carbocycles. The van der Waals surface area contributed by atoms with Crippen molar-refractivity contribution in [3.63, 3.8) is 0 Å². The highest BCUT2D eigenvalue weighted by atomic mass is 35.5. The van der Waals surface area contributed by atoms with E-state index < -0.39 is 29.0 Å². The molecule has 0 saturated heterocycles. The molecule has 9 nitrogen and oxygen atoms in total. The predicted molar refractivity (Wildman–Crippen MR) is 123 cm³/mol. The minimum absolute atomic E-state index is 0.0105. The molecule has 0 bridgehead atoms. The number of carbonyl (C=O) groups is 1. The van der Waals surface area contributed by atoms with Crippen molar-refractivity contribution in [2.45, 2.75) is 6.18 Å². The Labute approximate surface area is 208 Å². The maximum atomic E-state index is 14.3. The second-order valence-corrected chi connectivity index (χ2v) is 8.26. The third-order valence-electron chi connectivity index (χ3n) is 5.69. The van der Waals surface area contributed by atoms with Crippen LogP contribution in [0.2, 0.25) is 5.02 Å². The summed E-state index contributed by atoms with van der Waals surface area (Å²) in [6, 6.07) is 5.36. The molecular weight excluding hydrogens is 516 g/mol. The number of hydrogen-bond acceptors (Lipinski definition) is 6. The zero-order chi connectivity index (χ0) is 25.9. The molecule has 14 heteroatoms. The van der Waals surface area contributed by atoms with E-state index in [1.807, 2.05) is 0 Å². The molecule has 0 unspecified atom stereocenters. The van der Waals surface area contributed by atoms with Gasteiger partial charge in [0.25, 0.3) is 0 Å². The maximum absolute atomic E-state index is 14.3. The number of carbonyl (C=O) groups excluding carboxylic acids is 1. The number of fused-ring (bicyclic) bond motifs is 2. The molecule has 5 heterocycles. The van der Waals surface area contributed by atoms with E-state index in [0.29, 0.717) is 4.68 Å². The van der Waals surface area contributed by atoms with Crippen molar-refractivity contribution in [1.29, 1.82) is 0 Å². The Morgan fingerprint density at radius 2 is 1.76 bits per heavy atom. The molecule has 0 amide bonds. The SMILES string of the molecule is O=C(c1cnn(-c2cncc3c(F)cccc23)c1C(F)(F)F)c1c[nH]c2nc(-n3nccn3)c(Cl)cc12. The predicted octanol–water partition coefficient (Wildman–Crippen LogP) is 4.92. The number of halogens is 5. The normalized spacial score (nSPS) is 12.0. The van der Waals surface area contributed by atoms with Crippen molar-refractivity contribution in [1.82, 2.24) is 39.7 Å². The van der Waals surface area contributed by atoms with Crippen molar-refractivity contribution in [2.24, 2.45) is 0 Å².